The first-order valence-electron chi connectivity index (χ1n) is 6.62. The van der Waals surface area contributed by atoms with Crippen LogP contribution in [0.2, 0.25) is 5.02 Å². The lowest BCUT2D eigenvalue weighted by Crippen LogP contribution is -2.39. The molecule has 0 aromatic heterocycles. The summed E-state index contributed by atoms with van der Waals surface area (Å²) in [6.07, 6.45) is 3.90. The lowest BCUT2D eigenvalue weighted by molar-refractivity contribution is -0.144. The van der Waals surface area contributed by atoms with Crippen LogP contribution in [0.3, 0.4) is 0 Å². The molecule has 1 aromatic carbocycles. The van der Waals surface area contributed by atoms with Gasteiger partial charge < -0.3 is 10.0 Å². The van der Waals surface area contributed by atoms with E-state index in [1.807, 2.05) is 0 Å². The van der Waals surface area contributed by atoms with Gasteiger partial charge in [-0.2, -0.15) is 0 Å². The van der Waals surface area contributed by atoms with Gasteiger partial charge >= 0.3 is 5.97 Å². The Hall–Kier alpha value is -1.88. The SMILES string of the molecule is O=C(O)C1CCN(C(=O)/C=C/c2ccc(F)c(Cl)c2)CC1. The summed E-state index contributed by atoms with van der Waals surface area (Å²) in [7, 11) is 0. The van der Waals surface area contributed by atoms with Gasteiger partial charge in [0.15, 0.2) is 0 Å². The van der Waals surface area contributed by atoms with Crippen molar-refractivity contribution in [1.29, 1.82) is 0 Å². The summed E-state index contributed by atoms with van der Waals surface area (Å²) in [5, 5.41) is 8.91. The third-order valence-electron chi connectivity index (χ3n) is 3.52. The molecule has 21 heavy (non-hydrogen) atoms. The van der Waals surface area contributed by atoms with E-state index in [0.717, 1.165) is 0 Å². The molecule has 112 valence electrons. The topological polar surface area (TPSA) is 57.6 Å². The predicted octanol–water partition coefficient (Wildman–Crippen LogP) is 2.82. The summed E-state index contributed by atoms with van der Waals surface area (Å²) in [5.41, 5.74) is 0.634. The van der Waals surface area contributed by atoms with Crippen molar-refractivity contribution in [3.05, 3.63) is 40.7 Å². The molecule has 1 saturated heterocycles. The van der Waals surface area contributed by atoms with Crippen molar-refractivity contribution < 1.29 is 19.1 Å². The molecule has 1 aromatic rings. The van der Waals surface area contributed by atoms with Crippen LogP contribution >= 0.6 is 11.6 Å². The second kappa shape index (κ2) is 6.72. The number of hydrogen-bond acceptors (Lipinski definition) is 2. The van der Waals surface area contributed by atoms with Crippen molar-refractivity contribution in [2.75, 3.05) is 13.1 Å². The Balaban J connectivity index is 1.94. The zero-order valence-corrected chi connectivity index (χ0v) is 12.0. The predicted molar refractivity (Wildman–Crippen MR) is 77.4 cm³/mol. The van der Waals surface area contributed by atoms with Crippen LogP contribution in [0.1, 0.15) is 18.4 Å². The lowest BCUT2D eigenvalue weighted by Gasteiger charge is -2.29. The fourth-order valence-corrected chi connectivity index (χ4v) is 2.42. The van der Waals surface area contributed by atoms with Crippen LogP contribution in [0.25, 0.3) is 6.08 Å². The number of rotatable bonds is 3. The Bertz CT molecular complexity index is 580. The molecular formula is C15H15ClFNO3. The Kier molecular flexibility index (Phi) is 4.96. The first kappa shape index (κ1) is 15.5. The van der Waals surface area contributed by atoms with Crippen LogP contribution in [0.4, 0.5) is 4.39 Å². The van der Waals surface area contributed by atoms with Gasteiger partial charge in [-0.05, 0) is 36.6 Å². The van der Waals surface area contributed by atoms with E-state index in [4.69, 9.17) is 16.7 Å². The van der Waals surface area contributed by atoms with Gasteiger partial charge in [-0.25, -0.2) is 4.39 Å². The van der Waals surface area contributed by atoms with E-state index in [9.17, 15) is 14.0 Å². The molecule has 4 nitrogen and oxygen atoms in total. The van der Waals surface area contributed by atoms with E-state index >= 15 is 0 Å². The monoisotopic (exact) mass is 311 g/mol. The van der Waals surface area contributed by atoms with Crippen molar-refractivity contribution in [2.45, 2.75) is 12.8 Å². The molecule has 0 spiro atoms. The van der Waals surface area contributed by atoms with Gasteiger partial charge in [-0.15, -0.1) is 0 Å². The molecule has 0 unspecified atom stereocenters. The molecule has 1 heterocycles. The Morgan fingerprint density at radius 2 is 2.00 bits per heavy atom. The molecule has 0 bridgehead atoms. The van der Waals surface area contributed by atoms with Gasteiger partial charge in [-0.3, -0.25) is 9.59 Å². The third kappa shape index (κ3) is 4.04. The lowest BCUT2D eigenvalue weighted by atomic mass is 9.97. The summed E-state index contributed by atoms with van der Waals surface area (Å²) >= 11 is 5.66. The number of hydrogen-bond donors (Lipinski definition) is 1. The highest BCUT2D eigenvalue weighted by molar-refractivity contribution is 6.30. The highest BCUT2D eigenvalue weighted by Crippen LogP contribution is 2.19. The van der Waals surface area contributed by atoms with E-state index in [1.54, 1.807) is 11.0 Å². The second-order valence-electron chi connectivity index (χ2n) is 4.94. The van der Waals surface area contributed by atoms with Crippen molar-refractivity contribution >= 4 is 29.6 Å². The minimum absolute atomic E-state index is 0.00636. The van der Waals surface area contributed by atoms with E-state index in [-0.39, 0.29) is 16.8 Å². The minimum Gasteiger partial charge on any atom is -0.481 e. The third-order valence-corrected chi connectivity index (χ3v) is 3.81. The number of carbonyl (C=O) groups excluding carboxylic acids is 1. The maximum Gasteiger partial charge on any atom is 0.306 e. The highest BCUT2D eigenvalue weighted by atomic mass is 35.5. The average Bonchev–Trinajstić information content (AvgIpc) is 2.48. The zero-order valence-electron chi connectivity index (χ0n) is 11.3. The Labute approximate surface area is 126 Å². The fraction of sp³-hybridized carbons (Fsp3) is 0.333. The van der Waals surface area contributed by atoms with Crippen LogP contribution in [0.5, 0.6) is 0 Å². The molecule has 0 aliphatic carbocycles. The van der Waals surface area contributed by atoms with Gasteiger partial charge in [0.05, 0.1) is 10.9 Å². The molecule has 1 amide bonds. The van der Waals surface area contributed by atoms with Gasteiger partial charge in [0.2, 0.25) is 5.91 Å². The number of nitrogens with zero attached hydrogens (tertiary/aromatic N) is 1. The Morgan fingerprint density at radius 3 is 2.57 bits per heavy atom. The molecule has 2 rings (SSSR count). The molecule has 6 heteroatoms. The normalized spacial score (nSPS) is 16.4. The quantitative estimate of drug-likeness (QED) is 0.873. The molecule has 1 fully saturated rings. The molecule has 1 N–H and O–H groups in total. The first-order chi connectivity index (χ1) is 9.97. The number of piperidine rings is 1. The van der Waals surface area contributed by atoms with E-state index < -0.39 is 11.8 Å². The maximum absolute atomic E-state index is 13.0. The van der Waals surface area contributed by atoms with Crippen LogP contribution < -0.4 is 0 Å². The van der Waals surface area contributed by atoms with E-state index in [1.165, 1.54) is 24.3 Å². The van der Waals surface area contributed by atoms with E-state index in [0.29, 0.717) is 31.5 Å². The van der Waals surface area contributed by atoms with Gasteiger partial charge in [0, 0.05) is 19.2 Å². The zero-order chi connectivity index (χ0) is 15.4. The maximum atomic E-state index is 13.0. The van der Waals surface area contributed by atoms with Crippen LogP contribution in [0.15, 0.2) is 24.3 Å². The number of carbonyl (C=O) groups is 2. The fourth-order valence-electron chi connectivity index (χ4n) is 2.24. The number of halogens is 2. The van der Waals surface area contributed by atoms with Crippen molar-refractivity contribution in [3.8, 4) is 0 Å². The highest BCUT2D eigenvalue weighted by Gasteiger charge is 2.25. The standard InChI is InChI=1S/C15H15ClFNO3/c16-12-9-10(1-3-13(12)17)2-4-14(19)18-7-5-11(6-8-18)15(20)21/h1-4,9,11H,5-8H2,(H,20,21)/b4-2+. The number of amides is 1. The number of carboxylic acid groups (broad SMARTS) is 1. The van der Waals surface area contributed by atoms with Crippen LogP contribution in [0, 0.1) is 11.7 Å². The number of aliphatic carboxylic acids is 1. The largest absolute Gasteiger partial charge is 0.481 e. The average molecular weight is 312 g/mol. The summed E-state index contributed by atoms with van der Waals surface area (Å²) in [6, 6.07) is 4.21. The summed E-state index contributed by atoms with van der Waals surface area (Å²) in [5.74, 6) is -1.86. The van der Waals surface area contributed by atoms with Crippen molar-refractivity contribution in [2.24, 2.45) is 5.92 Å². The van der Waals surface area contributed by atoms with Crippen LogP contribution in [-0.4, -0.2) is 35.0 Å². The number of benzene rings is 1. The molecule has 0 radical (unpaired) electrons. The molecular weight excluding hydrogens is 297 g/mol. The number of carboxylic acids is 1. The van der Waals surface area contributed by atoms with Crippen LogP contribution in [-0.2, 0) is 9.59 Å². The summed E-state index contributed by atoms with van der Waals surface area (Å²) < 4.78 is 13.0. The second-order valence-corrected chi connectivity index (χ2v) is 5.35. The van der Waals surface area contributed by atoms with Gasteiger partial charge in [0.25, 0.3) is 0 Å². The van der Waals surface area contributed by atoms with Gasteiger partial charge in [0.1, 0.15) is 5.82 Å². The molecule has 0 saturated carbocycles. The minimum atomic E-state index is -0.807. The van der Waals surface area contributed by atoms with Crippen molar-refractivity contribution in [3.63, 3.8) is 0 Å². The molecule has 0 atom stereocenters. The summed E-state index contributed by atoms with van der Waals surface area (Å²) in [6.45, 7) is 0.870. The molecule has 1 aliphatic rings. The summed E-state index contributed by atoms with van der Waals surface area (Å²) in [4.78, 5) is 24.4. The van der Waals surface area contributed by atoms with E-state index in [2.05, 4.69) is 0 Å². The first-order valence-corrected chi connectivity index (χ1v) is 7.00. The number of likely N-dealkylation sites (tertiary alicyclic amines) is 1. The molecule has 1 aliphatic heterocycles. The van der Waals surface area contributed by atoms with Gasteiger partial charge in [-0.1, -0.05) is 17.7 Å². The van der Waals surface area contributed by atoms with Crippen molar-refractivity contribution in [1.82, 2.24) is 4.90 Å². The smallest absolute Gasteiger partial charge is 0.306 e. The Morgan fingerprint density at radius 1 is 1.33 bits per heavy atom.